The van der Waals surface area contributed by atoms with E-state index in [1.165, 1.54) is 6.42 Å². The van der Waals surface area contributed by atoms with Crippen LogP contribution in [0.2, 0.25) is 10.0 Å². The maximum Gasteiger partial charge on any atom is 0.126 e. The highest BCUT2D eigenvalue weighted by Gasteiger charge is 2.49. The van der Waals surface area contributed by atoms with Crippen molar-refractivity contribution in [1.29, 1.82) is 0 Å². The first-order valence-electron chi connectivity index (χ1n) is 9.33. The molecule has 1 saturated heterocycles. The number of fused-ring (bicyclic) bond motifs is 2. The van der Waals surface area contributed by atoms with Crippen LogP contribution in [0.5, 0.6) is 5.75 Å². The minimum absolute atomic E-state index is 0.106. The second-order valence-electron chi connectivity index (χ2n) is 8.37. The van der Waals surface area contributed by atoms with Gasteiger partial charge in [-0.2, -0.15) is 0 Å². The van der Waals surface area contributed by atoms with Gasteiger partial charge in [0.15, 0.2) is 0 Å². The van der Waals surface area contributed by atoms with Gasteiger partial charge in [0.2, 0.25) is 0 Å². The minimum Gasteiger partial charge on any atom is -0.489 e. The van der Waals surface area contributed by atoms with Crippen LogP contribution in [0.4, 0.5) is 0 Å². The molecule has 1 aromatic carbocycles. The second kappa shape index (κ2) is 8.42. The number of halogens is 2. The van der Waals surface area contributed by atoms with E-state index in [2.05, 4.69) is 16.6 Å². The van der Waals surface area contributed by atoms with Crippen molar-refractivity contribution in [3.05, 3.63) is 40.4 Å². The molecular formula is C20H28Cl2N2O2S. The second-order valence-corrected chi connectivity index (χ2v) is 11.2. The molecule has 2 N–H and O–H groups in total. The zero-order valence-electron chi connectivity index (χ0n) is 16.1. The van der Waals surface area contributed by atoms with Gasteiger partial charge >= 0.3 is 0 Å². The summed E-state index contributed by atoms with van der Waals surface area (Å²) < 4.78 is 21.9. The molecule has 0 amide bonds. The molecule has 0 radical (unpaired) electrons. The van der Waals surface area contributed by atoms with E-state index >= 15 is 0 Å². The smallest absolute Gasteiger partial charge is 0.126 e. The Kier molecular flexibility index (Phi) is 6.59. The van der Waals surface area contributed by atoms with Crippen LogP contribution in [0.25, 0.3) is 0 Å². The lowest BCUT2D eigenvalue weighted by molar-refractivity contribution is 0.00700. The molecule has 0 aromatic heterocycles. The highest BCUT2D eigenvalue weighted by atomic mass is 35.5. The first kappa shape index (κ1) is 21.1. The average Bonchev–Trinajstić information content (AvgIpc) is 2.61. The Bertz CT molecular complexity index is 721. The van der Waals surface area contributed by atoms with Crippen LogP contribution < -0.4 is 14.8 Å². The molecule has 4 unspecified atom stereocenters. The zero-order chi connectivity index (χ0) is 19.8. The highest BCUT2D eigenvalue weighted by molar-refractivity contribution is 7.84. The lowest BCUT2D eigenvalue weighted by Gasteiger charge is -2.53. The standard InChI is InChI=1S/C20H28Cl2N2O2S/c1-5-6-26-17-9-16(22)15(21)8-14(17)19(24-27(25)20(2,3)4)18-12-7-13(18)11-23-10-12/h5,8-9,12-13,18-19,23-24H,1,6-7,10-11H2,2-4H3. The van der Waals surface area contributed by atoms with E-state index in [9.17, 15) is 4.21 Å². The predicted octanol–water partition coefficient (Wildman–Crippen LogP) is 4.51. The molecule has 3 rings (SSSR count). The number of hydrogen-bond acceptors (Lipinski definition) is 3. The molecule has 27 heavy (non-hydrogen) atoms. The number of nitrogens with one attached hydrogen (secondary N) is 2. The Balaban J connectivity index is 2.00. The Morgan fingerprint density at radius 2 is 1.96 bits per heavy atom. The van der Waals surface area contributed by atoms with E-state index in [-0.39, 0.29) is 10.8 Å². The van der Waals surface area contributed by atoms with Crippen LogP contribution in [0.1, 0.15) is 38.8 Å². The molecule has 4 nitrogen and oxygen atoms in total. The summed E-state index contributed by atoms with van der Waals surface area (Å²) in [5.74, 6) is 2.17. The maximum absolute atomic E-state index is 13.0. The molecule has 150 valence electrons. The Labute approximate surface area is 174 Å². The van der Waals surface area contributed by atoms with E-state index in [0.717, 1.165) is 18.7 Å². The molecule has 1 aliphatic carbocycles. The van der Waals surface area contributed by atoms with Gasteiger partial charge in [-0.05, 0) is 64.1 Å². The van der Waals surface area contributed by atoms with Crippen LogP contribution >= 0.6 is 23.2 Å². The van der Waals surface area contributed by atoms with Crippen LogP contribution in [0.3, 0.4) is 0 Å². The third-order valence-corrected chi connectivity index (χ3v) is 7.73. The SMILES string of the molecule is C=CCOc1cc(Cl)c(Cl)cc1C(NS(=O)C(C)(C)C)C1C2CNCC1C2. The lowest BCUT2D eigenvalue weighted by atomic mass is 9.58. The molecule has 1 heterocycles. The van der Waals surface area contributed by atoms with Gasteiger partial charge in [0.25, 0.3) is 0 Å². The fourth-order valence-corrected chi connectivity index (χ4v) is 5.23. The monoisotopic (exact) mass is 430 g/mol. The van der Waals surface area contributed by atoms with Crippen molar-refractivity contribution < 1.29 is 8.95 Å². The van der Waals surface area contributed by atoms with E-state index in [1.807, 2.05) is 26.8 Å². The first-order chi connectivity index (χ1) is 12.7. The van der Waals surface area contributed by atoms with Crippen molar-refractivity contribution in [2.45, 2.75) is 38.0 Å². The summed E-state index contributed by atoms with van der Waals surface area (Å²) >= 11 is 12.6. The maximum atomic E-state index is 13.0. The summed E-state index contributed by atoms with van der Waals surface area (Å²) in [5, 5.41) is 4.41. The van der Waals surface area contributed by atoms with Crippen molar-refractivity contribution in [3.8, 4) is 5.75 Å². The number of piperidine rings is 2. The average molecular weight is 431 g/mol. The molecule has 1 aliphatic heterocycles. The van der Waals surface area contributed by atoms with Gasteiger partial charge in [0, 0.05) is 11.6 Å². The van der Waals surface area contributed by atoms with Crippen LogP contribution in [0, 0.1) is 17.8 Å². The van der Waals surface area contributed by atoms with E-state index in [4.69, 9.17) is 27.9 Å². The number of ether oxygens (including phenoxy) is 1. The minimum atomic E-state index is -1.21. The summed E-state index contributed by atoms with van der Waals surface area (Å²) in [4.78, 5) is 0. The number of rotatable bonds is 7. The third-order valence-electron chi connectivity index (χ3n) is 5.43. The summed E-state index contributed by atoms with van der Waals surface area (Å²) in [6.07, 6.45) is 2.91. The van der Waals surface area contributed by atoms with Gasteiger partial charge in [-0.25, -0.2) is 8.93 Å². The molecule has 2 bridgehead atoms. The topological polar surface area (TPSA) is 50.4 Å². The largest absolute Gasteiger partial charge is 0.489 e. The van der Waals surface area contributed by atoms with Crippen molar-refractivity contribution in [1.82, 2.24) is 10.0 Å². The van der Waals surface area contributed by atoms with Crippen LogP contribution in [0.15, 0.2) is 24.8 Å². The van der Waals surface area contributed by atoms with Crippen molar-refractivity contribution in [3.63, 3.8) is 0 Å². The van der Waals surface area contributed by atoms with Crippen LogP contribution in [-0.2, 0) is 11.0 Å². The van der Waals surface area contributed by atoms with Gasteiger partial charge < -0.3 is 10.1 Å². The lowest BCUT2D eigenvalue weighted by Crippen LogP contribution is -2.57. The van der Waals surface area contributed by atoms with Crippen molar-refractivity contribution >= 4 is 34.2 Å². The van der Waals surface area contributed by atoms with Crippen LogP contribution in [-0.4, -0.2) is 28.7 Å². The van der Waals surface area contributed by atoms with Gasteiger partial charge in [-0.1, -0.05) is 35.9 Å². The molecule has 4 atom stereocenters. The quantitative estimate of drug-likeness (QED) is 0.625. The highest BCUT2D eigenvalue weighted by Crippen LogP contribution is 2.51. The number of benzene rings is 1. The van der Waals surface area contributed by atoms with Gasteiger partial charge in [-0.3, -0.25) is 0 Å². The Morgan fingerprint density at radius 1 is 1.33 bits per heavy atom. The Hall–Kier alpha value is -0.590. The molecule has 2 fully saturated rings. The van der Waals surface area contributed by atoms with Gasteiger partial charge in [0.05, 0.1) is 31.8 Å². The summed E-state index contributed by atoms with van der Waals surface area (Å²) in [6, 6.07) is 3.51. The zero-order valence-corrected chi connectivity index (χ0v) is 18.4. The molecular weight excluding hydrogens is 403 g/mol. The normalized spacial score (nSPS) is 26.8. The molecule has 0 spiro atoms. The predicted molar refractivity (Wildman–Crippen MR) is 114 cm³/mol. The first-order valence-corrected chi connectivity index (χ1v) is 11.2. The van der Waals surface area contributed by atoms with E-state index < -0.39 is 11.0 Å². The summed E-state index contributed by atoms with van der Waals surface area (Å²) in [6.45, 7) is 12.0. The summed E-state index contributed by atoms with van der Waals surface area (Å²) in [7, 11) is -1.21. The Morgan fingerprint density at radius 3 is 2.52 bits per heavy atom. The molecule has 7 heteroatoms. The molecule has 1 aromatic rings. The van der Waals surface area contributed by atoms with Crippen molar-refractivity contribution in [2.75, 3.05) is 19.7 Å². The fraction of sp³-hybridized carbons (Fsp3) is 0.600. The van der Waals surface area contributed by atoms with Gasteiger partial charge in [0.1, 0.15) is 12.4 Å². The fourth-order valence-electron chi connectivity index (χ4n) is 4.03. The molecule has 2 aliphatic rings. The van der Waals surface area contributed by atoms with Crippen molar-refractivity contribution in [2.24, 2.45) is 17.8 Å². The van der Waals surface area contributed by atoms with E-state index in [0.29, 0.717) is 40.2 Å². The summed E-state index contributed by atoms with van der Waals surface area (Å²) in [5.41, 5.74) is 0.922. The van der Waals surface area contributed by atoms with E-state index in [1.54, 1.807) is 12.1 Å². The van der Waals surface area contributed by atoms with Gasteiger partial charge in [-0.15, -0.1) is 0 Å². The third kappa shape index (κ3) is 4.54. The molecule has 1 saturated carbocycles. The number of hydrogen-bond donors (Lipinski definition) is 2.